The van der Waals surface area contributed by atoms with Crippen LogP contribution in [0.4, 0.5) is 0 Å². The number of carbonyl (C=O) groups is 3. The SMILES string of the molecule is CCCC(=O)N(CCC(=O)NC[C@@H](S)C1CCCCC1)Cc1ccc(-c2ccccc2S(=O)(=O)NC(C)=O)c(Cl)c1. The fourth-order valence-corrected chi connectivity index (χ4v) is 7.06. The van der Waals surface area contributed by atoms with Gasteiger partial charge in [-0.1, -0.05) is 68.1 Å². The average molecular weight is 622 g/mol. The highest BCUT2D eigenvalue weighted by atomic mass is 35.5. The highest BCUT2D eigenvalue weighted by Crippen LogP contribution is 2.34. The van der Waals surface area contributed by atoms with Crippen molar-refractivity contribution in [2.45, 2.75) is 81.9 Å². The van der Waals surface area contributed by atoms with Crippen molar-refractivity contribution in [1.29, 1.82) is 0 Å². The third-order valence-corrected chi connectivity index (χ3v) is 9.69. The van der Waals surface area contributed by atoms with Crippen LogP contribution in [0.1, 0.15) is 70.8 Å². The molecule has 0 radical (unpaired) electrons. The molecule has 1 fully saturated rings. The Hall–Kier alpha value is -2.56. The Morgan fingerprint density at radius 3 is 2.41 bits per heavy atom. The average Bonchev–Trinajstić information content (AvgIpc) is 2.94. The van der Waals surface area contributed by atoms with Crippen molar-refractivity contribution >= 4 is 52.0 Å². The number of benzene rings is 2. The van der Waals surface area contributed by atoms with E-state index in [1.54, 1.807) is 41.3 Å². The first-order chi connectivity index (χ1) is 19.5. The fraction of sp³-hybridized carbons (Fsp3) is 0.500. The Morgan fingerprint density at radius 1 is 1.05 bits per heavy atom. The molecular formula is C30H40ClN3O5S2. The van der Waals surface area contributed by atoms with E-state index in [0.29, 0.717) is 41.5 Å². The van der Waals surface area contributed by atoms with E-state index in [4.69, 9.17) is 24.2 Å². The lowest BCUT2D eigenvalue weighted by Crippen LogP contribution is -2.37. The summed E-state index contributed by atoms with van der Waals surface area (Å²) in [4.78, 5) is 38.6. The van der Waals surface area contributed by atoms with Gasteiger partial charge in [-0.15, -0.1) is 0 Å². The lowest BCUT2D eigenvalue weighted by molar-refractivity contribution is -0.132. The zero-order valence-corrected chi connectivity index (χ0v) is 26.2. The number of amides is 3. The van der Waals surface area contributed by atoms with Gasteiger partial charge in [-0.25, -0.2) is 13.1 Å². The Kier molecular flexibility index (Phi) is 12.5. The number of hydrogen-bond acceptors (Lipinski definition) is 6. The molecular weight excluding hydrogens is 582 g/mol. The van der Waals surface area contributed by atoms with Crippen LogP contribution in [0.25, 0.3) is 11.1 Å². The Morgan fingerprint density at radius 2 is 1.76 bits per heavy atom. The number of hydrogen-bond donors (Lipinski definition) is 3. The molecule has 1 aliphatic carbocycles. The highest BCUT2D eigenvalue weighted by molar-refractivity contribution is 7.90. The lowest BCUT2D eigenvalue weighted by atomic mass is 9.86. The molecule has 3 amide bonds. The molecule has 2 aromatic carbocycles. The zero-order chi connectivity index (χ0) is 30.0. The van der Waals surface area contributed by atoms with Crippen molar-refractivity contribution in [2.24, 2.45) is 5.92 Å². The van der Waals surface area contributed by atoms with Gasteiger partial charge < -0.3 is 10.2 Å². The van der Waals surface area contributed by atoms with Gasteiger partial charge in [0.15, 0.2) is 0 Å². The summed E-state index contributed by atoms with van der Waals surface area (Å²) in [6.45, 7) is 4.11. The van der Waals surface area contributed by atoms with Gasteiger partial charge in [-0.2, -0.15) is 12.6 Å². The molecule has 0 unspecified atom stereocenters. The number of sulfonamides is 1. The van der Waals surface area contributed by atoms with Crippen LogP contribution in [0.15, 0.2) is 47.4 Å². The third kappa shape index (κ3) is 9.75. The van der Waals surface area contributed by atoms with Crippen LogP contribution < -0.4 is 10.0 Å². The van der Waals surface area contributed by atoms with Crippen molar-refractivity contribution in [3.05, 3.63) is 53.1 Å². The van der Waals surface area contributed by atoms with E-state index in [2.05, 4.69) is 5.32 Å². The zero-order valence-electron chi connectivity index (χ0n) is 23.7. The smallest absolute Gasteiger partial charge is 0.264 e. The monoisotopic (exact) mass is 621 g/mol. The van der Waals surface area contributed by atoms with Crippen molar-refractivity contribution in [1.82, 2.24) is 14.9 Å². The summed E-state index contributed by atoms with van der Waals surface area (Å²) in [5, 5.41) is 3.42. The van der Waals surface area contributed by atoms with Crippen LogP contribution in [-0.4, -0.2) is 49.4 Å². The molecule has 2 aromatic rings. The van der Waals surface area contributed by atoms with Gasteiger partial charge in [-0.05, 0) is 42.9 Å². The Bertz CT molecular complexity index is 1330. The normalized spacial score (nSPS) is 14.7. The van der Waals surface area contributed by atoms with Crippen molar-refractivity contribution < 1.29 is 22.8 Å². The van der Waals surface area contributed by atoms with Crippen LogP contribution in [0.2, 0.25) is 5.02 Å². The van der Waals surface area contributed by atoms with Crippen molar-refractivity contribution in [3.63, 3.8) is 0 Å². The minimum absolute atomic E-state index is 0.0541. The largest absolute Gasteiger partial charge is 0.355 e. The van der Waals surface area contributed by atoms with Crippen molar-refractivity contribution in [3.8, 4) is 11.1 Å². The van der Waals surface area contributed by atoms with E-state index in [0.717, 1.165) is 25.3 Å². The van der Waals surface area contributed by atoms with E-state index in [9.17, 15) is 22.8 Å². The summed E-state index contributed by atoms with van der Waals surface area (Å²) < 4.78 is 27.5. The number of carbonyl (C=O) groups excluding carboxylic acids is 3. The molecule has 1 aliphatic rings. The van der Waals surface area contributed by atoms with Crippen LogP contribution in [0.5, 0.6) is 0 Å². The molecule has 224 valence electrons. The molecule has 1 atom stereocenters. The number of halogens is 1. The summed E-state index contributed by atoms with van der Waals surface area (Å²) in [6.07, 6.45) is 7.25. The molecule has 0 saturated heterocycles. The number of nitrogens with zero attached hydrogens (tertiary/aromatic N) is 1. The molecule has 0 aliphatic heterocycles. The predicted molar refractivity (Wildman–Crippen MR) is 165 cm³/mol. The minimum atomic E-state index is -4.09. The maximum atomic E-state index is 12.9. The van der Waals surface area contributed by atoms with Gasteiger partial charge in [0, 0.05) is 60.8 Å². The first kappa shape index (κ1) is 32.9. The third-order valence-electron chi connectivity index (χ3n) is 7.28. The number of rotatable bonds is 13. The molecule has 2 N–H and O–H groups in total. The number of nitrogens with one attached hydrogen (secondary N) is 2. The second kappa shape index (κ2) is 15.6. The molecule has 3 rings (SSSR count). The summed E-state index contributed by atoms with van der Waals surface area (Å²) in [5.74, 6) is -0.331. The van der Waals surface area contributed by atoms with Crippen molar-refractivity contribution in [2.75, 3.05) is 13.1 Å². The standard InChI is InChI=1S/C30H40ClN3O5S2/c1-3-9-30(37)34(17-16-29(36)32-19-27(40)23-10-5-4-6-11-23)20-22-14-15-24(26(31)18-22)25-12-7-8-13-28(25)41(38,39)33-21(2)35/h7-8,12-15,18,23,27,40H,3-6,9-11,16-17,19-20H2,1-2H3,(H,32,36)(H,33,35)/t27-/m1/s1. The van der Waals surface area contributed by atoms with Gasteiger partial charge >= 0.3 is 0 Å². The van der Waals surface area contributed by atoms with Crippen LogP contribution in [-0.2, 0) is 31.0 Å². The van der Waals surface area contributed by atoms with Crippen LogP contribution in [0, 0.1) is 5.92 Å². The predicted octanol–water partition coefficient (Wildman–Crippen LogP) is 5.35. The lowest BCUT2D eigenvalue weighted by Gasteiger charge is -2.27. The van der Waals surface area contributed by atoms with Gasteiger partial charge in [0.25, 0.3) is 10.0 Å². The van der Waals surface area contributed by atoms with Gasteiger partial charge in [-0.3, -0.25) is 14.4 Å². The van der Waals surface area contributed by atoms with Crippen LogP contribution >= 0.6 is 24.2 Å². The quantitative estimate of drug-likeness (QED) is 0.261. The topological polar surface area (TPSA) is 113 Å². The Labute approximate surface area is 254 Å². The molecule has 0 aromatic heterocycles. The summed E-state index contributed by atoms with van der Waals surface area (Å²) in [6, 6.07) is 11.5. The van der Waals surface area contributed by atoms with E-state index in [-0.39, 0.29) is 41.5 Å². The van der Waals surface area contributed by atoms with Crippen LogP contribution in [0.3, 0.4) is 0 Å². The summed E-state index contributed by atoms with van der Waals surface area (Å²) in [7, 11) is -4.09. The maximum absolute atomic E-state index is 12.9. The molecule has 41 heavy (non-hydrogen) atoms. The molecule has 0 heterocycles. The molecule has 8 nitrogen and oxygen atoms in total. The second-order valence-corrected chi connectivity index (χ2v) is 13.3. The number of thiol groups is 1. The fourth-order valence-electron chi connectivity index (χ4n) is 5.16. The van der Waals surface area contributed by atoms with Gasteiger partial charge in [0.05, 0.1) is 4.90 Å². The first-order valence-corrected chi connectivity index (χ1v) is 16.5. The van der Waals surface area contributed by atoms with E-state index >= 15 is 0 Å². The molecule has 0 spiro atoms. The second-order valence-electron chi connectivity index (χ2n) is 10.6. The maximum Gasteiger partial charge on any atom is 0.264 e. The molecule has 1 saturated carbocycles. The van der Waals surface area contributed by atoms with Gasteiger partial charge in [0.2, 0.25) is 17.7 Å². The molecule has 0 bridgehead atoms. The minimum Gasteiger partial charge on any atom is -0.355 e. The summed E-state index contributed by atoms with van der Waals surface area (Å²) >= 11 is 11.3. The summed E-state index contributed by atoms with van der Waals surface area (Å²) in [5.41, 5.74) is 1.58. The Balaban J connectivity index is 1.69. The van der Waals surface area contributed by atoms with E-state index in [1.165, 1.54) is 25.3 Å². The van der Waals surface area contributed by atoms with Gasteiger partial charge in [0.1, 0.15) is 0 Å². The molecule has 11 heteroatoms. The first-order valence-electron chi connectivity index (χ1n) is 14.2. The van der Waals surface area contributed by atoms with E-state index < -0.39 is 15.9 Å². The highest BCUT2D eigenvalue weighted by Gasteiger charge is 2.23. The van der Waals surface area contributed by atoms with E-state index in [1.807, 2.05) is 11.6 Å².